The van der Waals surface area contributed by atoms with Gasteiger partial charge in [-0.15, -0.1) is 0 Å². The van der Waals surface area contributed by atoms with Gasteiger partial charge in [0.15, 0.2) is 5.82 Å². The van der Waals surface area contributed by atoms with E-state index in [1.165, 1.54) is 13.4 Å². The van der Waals surface area contributed by atoms with Crippen LogP contribution in [0.4, 0.5) is 0 Å². The number of amides is 1. The Bertz CT molecular complexity index is 677. The molecule has 2 atom stereocenters. The van der Waals surface area contributed by atoms with Crippen LogP contribution in [-0.2, 0) is 4.74 Å². The SMILES string of the molecule is COc1ccc(C(=O)NC[C@H]2CC[C@@H](c3ncn[nH]3)O2)cc1Cl. The van der Waals surface area contributed by atoms with Crippen molar-refractivity contribution < 1.29 is 14.3 Å². The molecule has 1 aliphatic heterocycles. The molecule has 122 valence electrons. The number of nitrogens with zero attached hydrogens (tertiary/aromatic N) is 2. The quantitative estimate of drug-likeness (QED) is 0.873. The number of hydrogen-bond donors (Lipinski definition) is 2. The number of rotatable bonds is 5. The maximum absolute atomic E-state index is 12.2. The second-order valence-electron chi connectivity index (χ2n) is 5.25. The van der Waals surface area contributed by atoms with Crippen LogP contribution >= 0.6 is 11.6 Å². The van der Waals surface area contributed by atoms with E-state index in [9.17, 15) is 4.79 Å². The van der Waals surface area contributed by atoms with Gasteiger partial charge in [-0.1, -0.05) is 11.6 Å². The number of nitrogens with one attached hydrogen (secondary N) is 2. The van der Waals surface area contributed by atoms with Crippen LogP contribution in [0, 0.1) is 0 Å². The molecule has 3 rings (SSSR count). The zero-order valence-electron chi connectivity index (χ0n) is 12.6. The summed E-state index contributed by atoms with van der Waals surface area (Å²) in [5.41, 5.74) is 0.487. The first-order chi connectivity index (χ1) is 11.2. The molecule has 2 N–H and O–H groups in total. The number of methoxy groups -OCH3 is 1. The summed E-state index contributed by atoms with van der Waals surface area (Å²) in [5.74, 6) is 1.07. The van der Waals surface area contributed by atoms with Crippen molar-refractivity contribution in [1.82, 2.24) is 20.5 Å². The maximum Gasteiger partial charge on any atom is 0.251 e. The lowest BCUT2D eigenvalue weighted by atomic mass is 10.1. The van der Waals surface area contributed by atoms with E-state index in [2.05, 4.69) is 20.5 Å². The number of halogens is 1. The Hall–Kier alpha value is -2.12. The second-order valence-corrected chi connectivity index (χ2v) is 5.66. The fourth-order valence-corrected chi connectivity index (χ4v) is 2.80. The van der Waals surface area contributed by atoms with E-state index in [-0.39, 0.29) is 18.1 Å². The Morgan fingerprint density at radius 2 is 2.39 bits per heavy atom. The Kier molecular flexibility index (Phi) is 4.78. The Morgan fingerprint density at radius 1 is 1.52 bits per heavy atom. The van der Waals surface area contributed by atoms with Gasteiger partial charge < -0.3 is 14.8 Å². The summed E-state index contributed by atoms with van der Waals surface area (Å²) < 4.78 is 10.9. The maximum atomic E-state index is 12.2. The minimum absolute atomic E-state index is 0.0391. The number of hydrogen-bond acceptors (Lipinski definition) is 5. The van der Waals surface area contributed by atoms with Gasteiger partial charge >= 0.3 is 0 Å². The van der Waals surface area contributed by atoms with Crippen LogP contribution in [0.3, 0.4) is 0 Å². The lowest BCUT2D eigenvalue weighted by Crippen LogP contribution is -2.31. The third-order valence-electron chi connectivity index (χ3n) is 3.75. The highest BCUT2D eigenvalue weighted by atomic mass is 35.5. The van der Waals surface area contributed by atoms with Gasteiger partial charge in [-0.3, -0.25) is 9.89 Å². The molecule has 0 saturated carbocycles. The van der Waals surface area contributed by atoms with E-state index in [1.807, 2.05) is 0 Å². The Labute approximate surface area is 138 Å². The summed E-state index contributed by atoms with van der Waals surface area (Å²) in [7, 11) is 1.53. The van der Waals surface area contributed by atoms with Crippen molar-refractivity contribution in [2.24, 2.45) is 0 Å². The van der Waals surface area contributed by atoms with Crippen molar-refractivity contribution in [3.05, 3.63) is 40.9 Å². The summed E-state index contributed by atoms with van der Waals surface area (Å²) in [4.78, 5) is 16.3. The normalized spacial score (nSPS) is 20.4. The lowest BCUT2D eigenvalue weighted by Gasteiger charge is -2.13. The molecule has 0 spiro atoms. The summed E-state index contributed by atoms with van der Waals surface area (Å²) >= 11 is 6.03. The fourth-order valence-electron chi connectivity index (χ4n) is 2.54. The van der Waals surface area contributed by atoms with Crippen LogP contribution in [-0.4, -0.2) is 40.8 Å². The van der Waals surface area contributed by atoms with Crippen LogP contribution in [0.15, 0.2) is 24.5 Å². The van der Waals surface area contributed by atoms with Gasteiger partial charge in [-0.05, 0) is 31.0 Å². The number of benzene rings is 1. The van der Waals surface area contributed by atoms with E-state index in [4.69, 9.17) is 21.1 Å². The minimum Gasteiger partial charge on any atom is -0.495 e. The highest BCUT2D eigenvalue weighted by Crippen LogP contribution is 2.30. The number of ether oxygens (including phenoxy) is 2. The Morgan fingerprint density at radius 3 is 3.09 bits per heavy atom. The van der Waals surface area contributed by atoms with E-state index in [0.29, 0.717) is 22.9 Å². The van der Waals surface area contributed by atoms with E-state index >= 15 is 0 Å². The standard InChI is InChI=1S/C15H17ClN4O3/c1-22-12-4-2-9(6-11(12)16)15(21)17-7-10-3-5-13(23-10)14-18-8-19-20-14/h2,4,6,8,10,13H,3,5,7H2,1H3,(H,17,21)(H,18,19,20)/t10-,13+/m1/s1. The van der Waals surface area contributed by atoms with Crippen molar-refractivity contribution in [3.8, 4) is 5.75 Å². The molecule has 1 aromatic carbocycles. The van der Waals surface area contributed by atoms with Gasteiger partial charge in [0.25, 0.3) is 5.91 Å². The van der Waals surface area contributed by atoms with E-state index in [0.717, 1.165) is 18.7 Å². The van der Waals surface area contributed by atoms with E-state index < -0.39 is 0 Å². The van der Waals surface area contributed by atoms with Crippen molar-refractivity contribution >= 4 is 17.5 Å². The molecule has 23 heavy (non-hydrogen) atoms. The fraction of sp³-hybridized carbons (Fsp3) is 0.400. The van der Waals surface area contributed by atoms with Gasteiger partial charge in [-0.2, -0.15) is 5.10 Å². The highest BCUT2D eigenvalue weighted by molar-refractivity contribution is 6.32. The number of carbonyl (C=O) groups is 1. The number of aromatic amines is 1. The van der Waals surface area contributed by atoms with Gasteiger partial charge in [0.05, 0.1) is 18.2 Å². The van der Waals surface area contributed by atoms with Crippen molar-refractivity contribution in [2.45, 2.75) is 25.0 Å². The summed E-state index contributed by atoms with van der Waals surface area (Å²) in [5, 5.41) is 9.89. The molecule has 0 aliphatic carbocycles. The van der Waals surface area contributed by atoms with Crippen molar-refractivity contribution in [1.29, 1.82) is 0 Å². The third-order valence-corrected chi connectivity index (χ3v) is 4.05. The molecular weight excluding hydrogens is 320 g/mol. The molecule has 1 amide bonds. The minimum atomic E-state index is -0.193. The van der Waals surface area contributed by atoms with Crippen molar-refractivity contribution in [3.63, 3.8) is 0 Å². The number of carbonyl (C=O) groups excluding carboxylic acids is 1. The molecule has 7 nitrogen and oxygen atoms in total. The predicted molar refractivity (Wildman–Crippen MR) is 83.6 cm³/mol. The smallest absolute Gasteiger partial charge is 0.251 e. The second kappa shape index (κ2) is 6.97. The summed E-state index contributed by atoms with van der Waals surface area (Å²) in [6, 6.07) is 4.93. The van der Waals surface area contributed by atoms with Crippen LogP contribution in [0.25, 0.3) is 0 Å². The summed E-state index contributed by atoms with van der Waals surface area (Å²) in [6.07, 6.45) is 3.04. The summed E-state index contributed by atoms with van der Waals surface area (Å²) in [6.45, 7) is 0.438. The molecular formula is C15H17ClN4O3. The lowest BCUT2D eigenvalue weighted by molar-refractivity contribution is 0.0392. The van der Waals surface area contributed by atoms with Crippen LogP contribution in [0.5, 0.6) is 5.75 Å². The molecule has 1 fully saturated rings. The van der Waals surface area contributed by atoms with Gasteiger partial charge in [-0.25, -0.2) is 4.98 Å². The van der Waals surface area contributed by atoms with Gasteiger partial charge in [0.2, 0.25) is 0 Å². The average molecular weight is 337 g/mol. The monoisotopic (exact) mass is 336 g/mol. The molecule has 0 radical (unpaired) electrons. The van der Waals surface area contributed by atoms with Gasteiger partial charge in [0, 0.05) is 12.1 Å². The first-order valence-corrected chi connectivity index (χ1v) is 7.67. The molecule has 1 aromatic heterocycles. The molecule has 0 unspecified atom stereocenters. The first kappa shape index (κ1) is 15.8. The highest BCUT2D eigenvalue weighted by Gasteiger charge is 2.28. The predicted octanol–water partition coefficient (Wildman–Crippen LogP) is 2.12. The number of H-pyrrole nitrogens is 1. The van der Waals surface area contributed by atoms with Crippen LogP contribution in [0.1, 0.15) is 35.1 Å². The topological polar surface area (TPSA) is 89.1 Å². The zero-order chi connectivity index (χ0) is 16.2. The zero-order valence-corrected chi connectivity index (χ0v) is 13.3. The molecule has 1 saturated heterocycles. The Balaban J connectivity index is 1.52. The molecule has 2 heterocycles. The third kappa shape index (κ3) is 3.62. The number of aromatic nitrogens is 3. The molecule has 8 heteroatoms. The van der Waals surface area contributed by atoms with Crippen molar-refractivity contribution in [2.75, 3.05) is 13.7 Å². The van der Waals surface area contributed by atoms with Crippen LogP contribution in [0.2, 0.25) is 5.02 Å². The molecule has 1 aliphatic rings. The molecule has 2 aromatic rings. The van der Waals surface area contributed by atoms with E-state index in [1.54, 1.807) is 18.2 Å². The first-order valence-electron chi connectivity index (χ1n) is 7.30. The average Bonchev–Trinajstić information content (AvgIpc) is 3.23. The van der Waals surface area contributed by atoms with Crippen LogP contribution < -0.4 is 10.1 Å². The molecule has 0 bridgehead atoms. The van der Waals surface area contributed by atoms with Gasteiger partial charge in [0.1, 0.15) is 18.2 Å². The largest absolute Gasteiger partial charge is 0.495 e.